The maximum Gasteiger partial charge on any atom is 0.227 e. The number of amides is 1. The van der Waals surface area contributed by atoms with E-state index >= 15 is 0 Å². The highest BCUT2D eigenvalue weighted by Gasteiger charge is 2.27. The predicted molar refractivity (Wildman–Crippen MR) is 96.0 cm³/mol. The fourth-order valence-electron chi connectivity index (χ4n) is 3.08. The van der Waals surface area contributed by atoms with Crippen LogP contribution in [0.3, 0.4) is 0 Å². The second-order valence-electron chi connectivity index (χ2n) is 6.52. The molecule has 1 aromatic heterocycles. The molecule has 1 amide bonds. The molecule has 2 heterocycles. The molecule has 1 fully saturated rings. The van der Waals surface area contributed by atoms with Crippen LogP contribution in [0.4, 0.5) is 0 Å². The minimum absolute atomic E-state index is 0.0109. The third kappa shape index (κ3) is 4.29. The smallest absolute Gasteiger partial charge is 0.227 e. The van der Waals surface area contributed by atoms with Gasteiger partial charge in [-0.15, -0.1) is 0 Å². The summed E-state index contributed by atoms with van der Waals surface area (Å²) in [5.41, 5.74) is 3.15. The molecule has 1 aromatic carbocycles. The number of likely N-dealkylation sites (tertiary alicyclic amines) is 1. The molecule has 1 saturated heterocycles. The number of pyridine rings is 1. The van der Waals surface area contributed by atoms with E-state index in [1.54, 1.807) is 13.3 Å². The van der Waals surface area contributed by atoms with Gasteiger partial charge >= 0.3 is 0 Å². The highest BCUT2D eigenvalue weighted by Crippen LogP contribution is 2.21. The number of hydrogen-bond donors (Lipinski definition) is 0. The molecule has 1 aliphatic heterocycles. The van der Waals surface area contributed by atoms with Crippen molar-refractivity contribution in [3.63, 3.8) is 0 Å². The molecule has 25 heavy (non-hydrogen) atoms. The average molecular weight is 340 g/mol. The Morgan fingerprint density at radius 3 is 2.80 bits per heavy atom. The summed E-state index contributed by atoms with van der Waals surface area (Å²) >= 11 is 0. The van der Waals surface area contributed by atoms with Gasteiger partial charge in [0.2, 0.25) is 11.8 Å². The quantitative estimate of drug-likeness (QED) is 0.840. The van der Waals surface area contributed by atoms with E-state index in [4.69, 9.17) is 9.47 Å². The molecule has 0 saturated carbocycles. The van der Waals surface area contributed by atoms with E-state index in [2.05, 4.69) is 4.98 Å². The van der Waals surface area contributed by atoms with Crippen molar-refractivity contribution in [2.75, 3.05) is 20.2 Å². The number of aryl methyl sites for hydroxylation is 2. The van der Waals surface area contributed by atoms with Gasteiger partial charge in [0.25, 0.3) is 0 Å². The molecule has 1 atom stereocenters. The van der Waals surface area contributed by atoms with Gasteiger partial charge in [0.1, 0.15) is 11.9 Å². The third-order valence-corrected chi connectivity index (χ3v) is 4.48. The lowest BCUT2D eigenvalue weighted by atomic mass is 10.1. The van der Waals surface area contributed by atoms with Crippen molar-refractivity contribution in [2.45, 2.75) is 32.8 Å². The summed E-state index contributed by atoms with van der Waals surface area (Å²) in [6.45, 7) is 5.32. The van der Waals surface area contributed by atoms with Crippen LogP contribution in [0.5, 0.6) is 11.6 Å². The van der Waals surface area contributed by atoms with Crippen LogP contribution in [0, 0.1) is 13.8 Å². The number of benzene rings is 1. The highest BCUT2D eigenvalue weighted by molar-refractivity contribution is 5.79. The van der Waals surface area contributed by atoms with Gasteiger partial charge in [0, 0.05) is 25.2 Å². The van der Waals surface area contributed by atoms with Gasteiger partial charge in [-0.2, -0.15) is 0 Å². The molecule has 0 radical (unpaired) electrons. The summed E-state index contributed by atoms with van der Waals surface area (Å²) in [7, 11) is 1.65. The van der Waals surface area contributed by atoms with Gasteiger partial charge in [0.05, 0.1) is 20.1 Å². The minimum atomic E-state index is 0.0109. The van der Waals surface area contributed by atoms with Crippen molar-refractivity contribution in [3.8, 4) is 11.6 Å². The molecule has 5 heteroatoms. The number of carbonyl (C=O) groups excluding carboxylic acids is 1. The first-order chi connectivity index (χ1) is 12.0. The number of ether oxygens (including phenoxy) is 2. The molecule has 1 unspecified atom stereocenters. The Kier molecular flexibility index (Phi) is 5.22. The zero-order valence-corrected chi connectivity index (χ0v) is 15.0. The van der Waals surface area contributed by atoms with Gasteiger partial charge < -0.3 is 14.4 Å². The Morgan fingerprint density at radius 1 is 1.28 bits per heavy atom. The predicted octanol–water partition coefficient (Wildman–Crippen LogP) is 2.93. The van der Waals surface area contributed by atoms with Gasteiger partial charge in [-0.25, -0.2) is 4.98 Å². The van der Waals surface area contributed by atoms with Crippen LogP contribution >= 0.6 is 0 Å². The van der Waals surface area contributed by atoms with Gasteiger partial charge in [0.15, 0.2) is 0 Å². The lowest BCUT2D eigenvalue weighted by molar-refractivity contribution is -0.129. The summed E-state index contributed by atoms with van der Waals surface area (Å²) in [4.78, 5) is 18.7. The summed E-state index contributed by atoms with van der Waals surface area (Å²) in [5.74, 6) is 1.60. The number of nitrogens with zero attached hydrogens (tertiary/aromatic N) is 2. The van der Waals surface area contributed by atoms with E-state index in [9.17, 15) is 4.79 Å². The number of carbonyl (C=O) groups is 1. The molecule has 132 valence electrons. The molecule has 1 aliphatic rings. The van der Waals surface area contributed by atoms with Gasteiger partial charge in [-0.05, 0) is 36.6 Å². The van der Waals surface area contributed by atoms with Crippen molar-refractivity contribution < 1.29 is 14.3 Å². The Hall–Kier alpha value is -2.56. The lowest BCUT2D eigenvalue weighted by Crippen LogP contribution is -2.32. The van der Waals surface area contributed by atoms with Crippen molar-refractivity contribution in [2.24, 2.45) is 0 Å². The van der Waals surface area contributed by atoms with Crippen LogP contribution in [-0.4, -0.2) is 42.1 Å². The maximum absolute atomic E-state index is 12.5. The molecular weight excluding hydrogens is 316 g/mol. The number of aromatic nitrogens is 1. The van der Waals surface area contributed by atoms with Gasteiger partial charge in [-0.1, -0.05) is 18.2 Å². The Labute approximate surface area is 148 Å². The van der Waals surface area contributed by atoms with E-state index in [0.29, 0.717) is 18.8 Å². The molecule has 5 nitrogen and oxygen atoms in total. The topological polar surface area (TPSA) is 51.7 Å². The average Bonchev–Trinajstić information content (AvgIpc) is 3.06. The summed E-state index contributed by atoms with van der Waals surface area (Å²) in [6.07, 6.45) is 3.04. The SMILES string of the molecule is COc1ccc(CC(=O)N2CCC(Oc3ccc(C)cn3)C2)cc1C. The Balaban J connectivity index is 1.55. The van der Waals surface area contributed by atoms with Crippen LogP contribution in [0.2, 0.25) is 0 Å². The first-order valence-corrected chi connectivity index (χ1v) is 8.56. The summed E-state index contributed by atoms with van der Waals surface area (Å²) < 4.78 is 11.2. The van der Waals surface area contributed by atoms with Crippen LogP contribution in [0.15, 0.2) is 36.5 Å². The first-order valence-electron chi connectivity index (χ1n) is 8.56. The molecule has 2 aromatic rings. The van der Waals surface area contributed by atoms with Crippen molar-refractivity contribution in [1.82, 2.24) is 9.88 Å². The lowest BCUT2D eigenvalue weighted by Gasteiger charge is -2.17. The van der Waals surface area contributed by atoms with Crippen LogP contribution in [0.1, 0.15) is 23.1 Å². The summed E-state index contributed by atoms with van der Waals surface area (Å²) in [6, 6.07) is 9.73. The van der Waals surface area contributed by atoms with Crippen molar-refractivity contribution in [1.29, 1.82) is 0 Å². The minimum Gasteiger partial charge on any atom is -0.496 e. The molecular formula is C20H24N2O3. The molecule has 0 bridgehead atoms. The molecule has 0 spiro atoms. The Bertz CT molecular complexity index is 743. The third-order valence-electron chi connectivity index (χ3n) is 4.48. The second-order valence-corrected chi connectivity index (χ2v) is 6.52. The normalized spacial score (nSPS) is 16.8. The first kappa shape index (κ1) is 17.3. The molecule has 0 aliphatic carbocycles. The maximum atomic E-state index is 12.5. The Morgan fingerprint density at radius 2 is 2.12 bits per heavy atom. The zero-order chi connectivity index (χ0) is 17.8. The van der Waals surface area contributed by atoms with E-state index in [1.165, 1.54) is 0 Å². The zero-order valence-electron chi connectivity index (χ0n) is 15.0. The fraction of sp³-hybridized carbons (Fsp3) is 0.400. The summed E-state index contributed by atoms with van der Waals surface area (Å²) in [5, 5.41) is 0. The molecule has 3 rings (SSSR count). The fourth-order valence-corrected chi connectivity index (χ4v) is 3.08. The van der Waals surface area contributed by atoms with Crippen molar-refractivity contribution in [3.05, 3.63) is 53.2 Å². The largest absolute Gasteiger partial charge is 0.496 e. The highest BCUT2D eigenvalue weighted by atomic mass is 16.5. The standard InChI is InChI=1S/C20H24N2O3/c1-14-4-7-19(21-12-14)25-17-8-9-22(13-17)20(23)11-16-5-6-18(24-3)15(2)10-16/h4-7,10,12,17H,8-9,11,13H2,1-3H3. The van der Waals surface area contributed by atoms with Gasteiger partial charge in [-0.3, -0.25) is 4.79 Å². The number of methoxy groups -OCH3 is 1. The van der Waals surface area contributed by atoms with Crippen LogP contribution in [0.25, 0.3) is 0 Å². The number of hydrogen-bond acceptors (Lipinski definition) is 4. The number of rotatable bonds is 5. The van der Waals surface area contributed by atoms with Crippen LogP contribution in [-0.2, 0) is 11.2 Å². The second kappa shape index (κ2) is 7.55. The van der Waals surface area contributed by atoms with E-state index in [-0.39, 0.29) is 12.0 Å². The van der Waals surface area contributed by atoms with Crippen molar-refractivity contribution >= 4 is 5.91 Å². The monoisotopic (exact) mass is 340 g/mol. The van der Waals surface area contributed by atoms with E-state index in [1.807, 2.05) is 49.1 Å². The van der Waals surface area contributed by atoms with E-state index < -0.39 is 0 Å². The van der Waals surface area contributed by atoms with Crippen LogP contribution < -0.4 is 9.47 Å². The molecule has 0 N–H and O–H groups in total. The van der Waals surface area contributed by atoms with E-state index in [0.717, 1.165) is 35.4 Å².